The van der Waals surface area contributed by atoms with Gasteiger partial charge in [0.15, 0.2) is 0 Å². The topological polar surface area (TPSA) is 44.8 Å². The molecular weight excluding hydrogens is 383 g/mol. The van der Waals surface area contributed by atoms with Gasteiger partial charge in [-0.2, -0.15) is 0 Å². The highest BCUT2D eigenvalue weighted by atomic mass is 31.2. The summed E-state index contributed by atoms with van der Waals surface area (Å²) in [5.74, 6) is 1.14. The summed E-state index contributed by atoms with van der Waals surface area (Å²) >= 11 is 0. The first kappa shape index (κ1) is 31.3. The molecule has 0 amide bonds. The highest BCUT2D eigenvalue weighted by molar-refractivity contribution is 7.52. The van der Waals surface area contributed by atoms with Gasteiger partial charge in [0, 0.05) is 20.4 Å². The predicted octanol–water partition coefficient (Wildman–Crippen LogP) is 8.20. The zero-order valence-corrected chi connectivity index (χ0v) is 22.5. The Balaban J connectivity index is 0. The van der Waals surface area contributed by atoms with Crippen LogP contribution in [0.15, 0.2) is 0 Å². The van der Waals surface area contributed by atoms with Crippen LogP contribution in [0.3, 0.4) is 0 Å². The normalized spacial score (nSPS) is 16.5. The van der Waals surface area contributed by atoms with Crippen LogP contribution in [0.25, 0.3) is 0 Å². The molecule has 3 atom stereocenters. The Kier molecular flexibility index (Phi) is 17.1. The standard InChI is InChI=1S/C13H29O3P.C11H24O/c1-7-9-10-12(13(3,4)5)11-16-17(6,14)15-8-2;1-6-7-8-10(9-12-5)11(2,3)4/h12H,7-11H2,1-6H3;10H,6-9H2,1-5H3. The minimum atomic E-state index is -2.85. The van der Waals surface area contributed by atoms with Crippen LogP contribution in [0.2, 0.25) is 0 Å². The fourth-order valence-electron chi connectivity index (χ4n) is 3.13. The molecule has 0 saturated heterocycles. The smallest absolute Gasteiger partial charge is 0.327 e. The van der Waals surface area contributed by atoms with Gasteiger partial charge in [-0.1, -0.05) is 81.1 Å². The van der Waals surface area contributed by atoms with E-state index in [2.05, 4.69) is 55.4 Å². The first-order valence-corrected chi connectivity index (χ1v) is 13.6. The summed E-state index contributed by atoms with van der Waals surface area (Å²) in [6, 6.07) is 0. The molecule has 0 aromatic carbocycles. The second-order valence-electron chi connectivity index (χ2n) is 10.4. The molecule has 0 saturated carbocycles. The second-order valence-corrected chi connectivity index (χ2v) is 12.4. The summed E-state index contributed by atoms with van der Waals surface area (Å²) in [6.07, 6.45) is 7.40. The van der Waals surface area contributed by atoms with Gasteiger partial charge < -0.3 is 13.8 Å². The molecule has 0 spiro atoms. The molecule has 0 aliphatic carbocycles. The van der Waals surface area contributed by atoms with E-state index < -0.39 is 7.60 Å². The maximum absolute atomic E-state index is 11.9. The average Bonchev–Trinajstić information content (AvgIpc) is 2.57. The van der Waals surface area contributed by atoms with Crippen molar-refractivity contribution in [2.45, 2.75) is 101 Å². The summed E-state index contributed by atoms with van der Waals surface area (Å²) < 4.78 is 27.7. The molecule has 29 heavy (non-hydrogen) atoms. The van der Waals surface area contributed by atoms with Crippen LogP contribution >= 0.6 is 7.60 Å². The van der Waals surface area contributed by atoms with Crippen molar-refractivity contribution in [3.8, 4) is 0 Å². The monoisotopic (exact) mass is 436 g/mol. The van der Waals surface area contributed by atoms with Gasteiger partial charge in [-0.3, -0.25) is 4.57 Å². The molecule has 0 rings (SSSR count). The number of hydrogen-bond acceptors (Lipinski definition) is 4. The molecule has 0 bridgehead atoms. The van der Waals surface area contributed by atoms with E-state index in [1.165, 1.54) is 32.1 Å². The van der Waals surface area contributed by atoms with Gasteiger partial charge in [-0.15, -0.1) is 0 Å². The largest absolute Gasteiger partial charge is 0.384 e. The molecule has 0 aliphatic heterocycles. The molecule has 0 radical (unpaired) electrons. The van der Waals surface area contributed by atoms with Crippen molar-refractivity contribution in [2.75, 3.05) is 33.6 Å². The summed E-state index contributed by atoms with van der Waals surface area (Å²) in [6.45, 7) is 23.2. The van der Waals surface area contributed by atoms with Crippen LogP contribution < -0.4 is 0 Å². The van der Waals surface area contributed by atoms with Gasteiger partial charge in [0.1, 0.15) is 0 Å². The van der Waals surface area contributed by atoms with Crippen LogP contribution in [0.1, 0.15) is 101 Å². The summed E-state index contributed by atoms with van der Waals surface area (Å²) in [5.41, 5.74) is 0.576. The maximum atomic E-state index is 11.9. The molecule has 0 aromatic rings. The summed E-state index contributed by atoms with van der Waals surface area (Å²) in [7, 11) is -1.05. The average molecular weight is 437 g/mol. The summed E-state index contributed by atoms with van der Waals surface area (Å²) in [5, 5.41) is 0. The molecule has 5 heteroatoms. The van der Waals surface area contributed by atoms with Crippen molar-refractivity contribution in [3.05, 3.63) is 0 Å². The van der Waals surface area contributed by atoms with Crippen LogP contribution in [0.5, 0.6) is 0 Å². The molecule has 0 N–H and O–H groups in total. The van der Waals surface area contributed by atoms with Crippen molar-refractivity contribution < 1.29 is 18.3 Å². The van der Waals surface area contributed by atoms with Crippen LogP contribution in [-0.4, -0.2) is 33.6 Å². The quantitative estimate of drug-likeness (QED) is 0.273. The molecule has 178 valence electrons. The lowest BCUT2D eigenvalue weighted by Gasteiger charge is -2.31. The summed E-state index contributed by atoms with van der Waals surface area (Å²) in [4.78, 5) is 0. The van der Waals surface area contributed by atoms with E-state index in [-0.39, 0.29) is 5.41 Å². The molecule has 0 aliphatic rings. The van der Waals surface area contributed by atoms with Gasteiger partial charge in [-0.05, 0) is 42.4 Å². The highest BCUT2D eigenvalue weighted by Crippen LogP contribution is 2.45. The lowest BCUT2D eigenvalue weighted by atomic mass is 9.78. The third kappa shape index (κ3) is 17.5. The van der Waals surface area contributed by atoms with E-state index in [4.69, 9.17) is 13.8 Å². The van der Waals surface area contributed by atoms with Crippen LogP contribution in [0.4, 0.5) is 0 Å². The third-order valence-electron chi connectivity index (χ3n) is 5.50. The zero-order valence-electron chi connectivity index (χ0n) is 21.6. The minimum absolute atomic E-state index is 0.182. The van der Waals surface area contributed by atoms with Crippen molar-refractivity contribution in [1.82, 2.24) is 0 Å². The Bertz CT molecular complexity index is 424. The zero-order chi connectivity index (χ0) is 23.1. The van der Waals surface area contributed by atoms with Gasteiger partial charge in [0.25, 0.3) is 0 Å². The molecular formula is C24H53O4P. The second kappa shape index (κ2) is 15.8. The molecule has 4 nitrogen and oxygen atoms in total. The fraction of sp³-hybridized carbons (Fsp3) is 1.00. The third-order valence-corrected chi connectivity index (χ3v) is 6.85. The number of hydrogen-bond donors (Lipinski definition) is 0. The first-order valence-electron chi connectivity index (χ1n) is 11.6. The molecule has 0 heterocycles. The first-order chi connectivity index (χ1) is 13.2. The van der Waals surface area contributed by atoms with E-state index in [0.29, 0.717) is 30.5 Å². The van der Waals surface area contributed by atoms with Crippen LogP contribution in [0, 0.1) is 22.7 Å². The Morgan fingerprint density at radius 1 is 0.759 bits per heavy atom. The molecule has 0 fully saturated rings. The molecule has 0 aromatic heterocycles. The van der Waals surface area contributed by atoms with Gasteiger partial charge in [0.05, 0.1) is 13.2 Å². The van der Waals surface area contributed by atoms with E-state index in [0.717, 1.165) is 13.0 Å². The lowest BCUT2D eigenvalue weighted by Crippen LogP contribution is -2.25. The number of methoxy groups -OCH3 is 1. The van der Waals surface area contributed by atoms with Crippen LogP contribution in [-0.2, 0) is 18.3 Å². The number of rotatable bonds is 13. The fourth-order valence-corrected chi connectivity index (χ4v) is 4.13. The number of unbranched alkanes of at least 4 members (excludes halogenated alkanes) is 2. The van der Waals surface area contributed by atoms with Crippen molar-refractivity contribution in [3.63, 3.8) is 0 Å². The van der Waals surface area contributed by atoms with Crippen molar-refractivity contribution >= 4 is 7.60 Å². The van der Waals surface area contributed by atoms with E-state index in [1.807, 2.05) is 6.92 Å². The maximum Gasteiger partial charge on any atom is 0.327 e. The Morgan fingerprint density at radius 2 is 1.17 bits per heavy atom. The van der Waals surface area contributed by atoms with E-state index in [1.54, 1.807) is 13.8 Å². The Hall–Kier alpha value is 0.110. The van der Waals surface area contributed by atoms with E-state index in [9.17, 15) is 4.57 Å². The highest BCUT2D eigenvalue weighted by Gasteiger charge is 2.27. The lowest BCUT2D eigenvalue weighted by molar-refractivity contribution is 0.0830. The number of ether oxygens (including phenoxy) is 1. The van der Waals surface area contributed by atoms with Gasteiger partial charge >= 0.3 is 7.60 Å². The van der Waals surface area contributed by atoms with Gasteiger partial charge in [0.2, 0.25) is 0 Å². The van der Waals surface area contributed by atoms with E-state index >= 15 is 0 Å². The van der Waals surface area contributed by atoms with Crippen molar-refractivity contribution in [1.29, 1.82) is 0 Å². The minimum Gasteiger partial charge on any atom is -0.384 e. The Morgan fingerprint density at radius 3 is 1.48 bits per heavy atom. The predicted molar refractivity (Wildman–Crippen MR) is 128 cm³/mol. The Labute approximate surface area is 183 Å². The SMILES string of the molecule is CCCCC(COC)C(C)(C)C.CCCCC(COP(C)(=O)OCC)C(C)(C)C. The van der Waals surface area contributed by atoms with Gasteiger partial charge in [-0.25, -0.2) is 0 Å². The van der Waals surface area contributed by atoms with Crippen molar-refractivity contribution in [2.24, 2.45) is 22.7 Å². The molecule has 3 unspecified atom stereocenters.